The van der Waals surface area contributed by atoms with Crippen LogP contribution in [0.5, 0.6) is 0 Å². The predicted molar refractivity (Wildman–Crippen MR) is 84.3 cm³/mol. The molecule has 5 nitrogen and oxygen atoms in total. The normalized spacial score (nSPS) is 24.5. The van der Waals surface area contributed by atoms with Crippen molar-refractivity contribution in [2.45, 2.75) is 50.7 Å². The summed E-state index contributed by atoms with van der Waals surface area (Å²) in [7, 11) is 0. The van der Waals surface area contributed by atoms with Crippen LogP contribution in [0.3, 0.4) is 0 Å². The minimum Gasteiger partial charge on any atom is -0.394 e. The van der Waals surface area contributed by atoms with E-state index in [4.69, 9.17) is 5.11 Å². The molecule has 0 aromatic heterocycles. The van der Waals surface area contributed by atoms with E-state index in [9.17, 15) is 9.90 Å². The summed E-state index contributed by atoms with van der Waals surface area (Å²) in [6.45, 7) is 2.79. The third kappa shape index (κ3) is 3.89. The van der Waals surface area contributed by atoms with Crippen LogP contribution in [-0.2, 0) is 4.79 Å². The fourth-order valence-corrected chi connectivity index (χ4v) is 3.39. The van der Waals surface area contributed by atoms with Crippen LogP contribution < -0.4 is 0 Å². The first-order valence-corrected chi connectivity index (χ1v) is 8.67. The smallest absolute Gasteiger partial charge is 0.226 e. The summed E-state index contributed by atoms with van der Waals surface area (Å²) in [6.07, 6.45) is 8.18. The molecule has 0 bridgehead atoms. The Balaban J connectivity index is 1.55. The number of carbonyl (C=O) groups is 1. The highest BCUT2D eigenvalue weighted by Gasteiger charge is 2.38. The van der Waals surface area contributed by atoms with Gasteiger partial charge >= 0.3 is 0 Å². The molecule has 0 aromatic carbocycles. The highest BCUT2D eigenvalue weighted by Crippen LogP contribution is 2.34. The second kappa shape index (κ2) is 7.11. The second-order valence-electron chi connectivity index (χ2n) is 7.05. The van der Waals surface area contributed by atoms with E-state index < -0.39 is 6.10 Å². The Hall–Kier alpha value is -0.910. The van der Waals surface area contributed by atoms with Crippen LogP contribution in [0.4, 0.5) is 0 Å². The monoisotopic (exact) mass is 308 g/mol. The first kappa shape index (κ1) is 16.0. The maximum absolute atomic E-state index is 12.6. The molecule has 1 amide bonds. The highest BCUT2D eigenvalue weighted by molar-refractivity contribution is 5.80. The molecular weight excluding hydrogens is 280 g/mol. The minimum atomic E-state index is -0.671. The van der Waals surface area contributed by atoms with E-state index in [1.165, 1.54) is 12.0 Å². The molecule has 22 heavy (non-hydrogen) atoms. The molecule has 0 spiro atoms. The van der Waals surface area contributed by atoms with Gasteiger partial charge in [-0.2, -0.15) is 0 Å². The summed E-state index contributed by atoms with van der Waals surface area (Å²) >= 11 is 0. The first-order chi connectivity index (χ1) is 10.7. The molecule has 1 aliphatic heterocycles. The van der Waals surface area contributed by atoms with Crippen molar-refractivity contribution in [2.75, 3.05) is 32.8 Å². The Bertz CT molecular complexity index is 430. The minimum absolute atomic E-state index is 0.191. The third-order valence-corrected chi connectivity index (χ3v) is 5.08. The molecule has 0 radical (unpaired) electrons. The van der Waals surface area contributed by atoms with Crippen LogP contribution in [0.15, 0.2) is 11.6 Å². The summed E-state index contributed by atoms with van der Waals surface area (Å²) in [5.74, 6) is 0.638. The van der Waals surface area contributed by atoms with E-state index in [2.05, 4.69) is 15.9 Å². The lowest BCUT2D eigenvalue weighted by atomic mass is 9.84. The van der Waals surface area contributed by atoms with Crippen LogP contribution in [-0.4, -0.2) is 70.9 Å². The topological polar surface area (TPSA) is 64.0 Å². The molecule has 1 heterocycles. The summed E-state index contributed by atoms with van der Waals surface area (Å²) < 4.78 is 0. The van der Waals surface area contributed by atoms with Gasteiger partial charge in [-0.3, -0.25) is 9.69 Å². The van der Waals surface area contributed by atoms with E-state index in [0.29, 0.717) is 18.5 Å². The lowest BCUT2D eigenvalue weighted by Crippen LogP contribution is -2.44. The standard InChI is InChI=1S/C17H28N2O3/c20-12-16(21)11-18-8-2-3-13(9-18)10-19(15-6-7-15)17(22)14-4-1-5-14/h3,14-16,20-21H,1-2,4-12H2/t16-/m0/s1. The number of rotatable bonds is 7. The number of hydrogen-bond donors (Lipinski definition) is 2. The van der Waals surface area contributed by atoms with Crippen molar-refractivity contribution >= 4 is 5.91 Å². The Kier molecular flexibility index (Phi) is 5.16. The Morgan fingerprint density at radius 1 is 1.36 bits per heavy atom. The molecule has 2 fully saturated rings. The number of aliphatic hydroxyl groups excluding tert-OH is 2. The van der Waals surface area contributed by atoms with Gasteiger partial charge in [-0.1, -0.05) is 12.5 Å². The highest BCUT2D eigenvalue weighted by atomic mass is 16.3. The molecule has 0 aromatic rings. The summed E-state index contributed by atoms with van der Waals surface area (Å²) in [4.78, 5) is 16.9. The van der Waals surface area contributed by atoms with Gasteiger partial charge in [0.2, 0.25) is 5.91 Å². The number of carbonyl (C=O) groups excluding carboxylic acids is 1. The van der Waals surface area contributed by atoms with Crippen LogP contribution in [0.1, 0.15) is 38.5 Å². The number of amides is 1. The van der Waals surface area contributed by atoms with Gasteiger partial charge in [0, 0.05) is 38.1 Å². The molecule has 5 heteroatoms. The van der Waals surface area contributed by atoms with Gasteiger partial charge in [0.05, 0.1) is 12.7 Å². The van der Waals surface area contributed by atoms with E-state index in [1.807, 2.05) is 0 Å². The van der Waals surface area contributed by atoms with Crippen LogP contribution in [0.25, 0.3) is 0 Å². The largest absolute Gasteiger partial charge is 0.394 e. The van der Waals surface area contributed by atoms with Gasteiger partial charge in [-0.25, -0.2) is 0 Å². The van der Waals surface area contributed by atoms with E-state index in [-0.39, 0.29) is 12.5 Å². The molecule has 0 unspecified atom stereocenters. The van der Waals surface area contributed by atoms with Gasteiger partial charge in [0.25, 0.3) is 0 Å². The van der Waals surface area contributed by atoms with Crippen LogP contribution in [0.2, 0.25) is 0 Å². The SMILES string of the molecule is O=C(C1CCC1)N(CC1=CCCN(C[C@H](O)CO)C1)C1CC1. The molecule has 2 N–H and O–H groups in total. The van der Waals surface area contributed by atoms with Gasteiger partial charge in [0.1, 0.15) is 0 Å². The molecule has 0 saturated heterocycles. The number of nitrogens with zero attached hydrogens (tertiary/aromatic N) is 2. The number of aliphatic hydroxyl groups is 2. The first-order valence-electron chi connectivity index (χ1n) is 8.67. The predicted octanol–water partition coefficient (Wildman–Crippen LogP) is 0.763. The quantitative estimate of drug-likeness (QED) is 0.682. The maximum Gasteiger partial charge on any atom is 0.226 e. The molecular formula is C17H28N2O3. The molecule has 2 saturated carbocycles. The maximum atomic E-state index is 12.6. The zero-order valence-corrected chi connectivity index (χ0v) is 13.3. The van der Waals surface area contributed by atoms with Crippen molar-refractivity contribution in [3.8, 4) is 0 Å². The van der Waals surface area contributed by atoms with E-state index in [0.717, 1.165) is 51.7 Å². The molecule has 124 valence electrons. The Morgan fingerprint density at radius 3 is 2.73 bits per heavy atom. The van der Waals surface area contributed by atoms with Gasteiger partial charge in [-0.15, -0.1) is 0 Å². The van der Waals surface area contributed by atoms with Crippen LogP contribution in [0, 0.1) is 5.92 Å². The van der Waals surface area contributed by atoms with Crippen molar-refractivity contribution in [3.05, 3.63) is 11.6 Å². The van der Waals surface area contributed by atoms with Gasteiger partial charge in [0.15, 0.2) is 0 Å². The lowest BCUT2D eigenvalue weighted by molar-refractivity contribution is -0.138. The van der Waals surface area contributed by atoms with Gasteiger partial charge < -0.3 is 15.1 Å². The van der Waals surface area contributed by atoms with Crippen molar-refractivity contribution in [1.82, 2.24) is 9.80 Å². The van der Waals surface area contributed by atoms with Crippen molar-refractivity contribution in [2.24, 2.45) is 5.92 Å². The van der Waals surface area contributed by atoms with E-state index >= 15 is 0 Å². The zero-order valence-electron chi connectivity index (χ0n) is 13.3. The Morgan fingerprint density at radius 2 is 2.14 bits per heavy atom. The van der Waals surface area contributed by atoms with Crippen molar-refractivity contribution in [1.29, 1.82) is 0 Å². The second-order valence-corrected chi connectivity index (χ2v) is 7.05. The molecule has 2 aliphatic carbocycles. The molecule has 3 aliphatic rings. The average molecular weight is 308 g/mol. The third-order valence-electron chi connectivity index (χ3n) is 5.08. The number of hydrogen-bond acceptors (Lipinski definition) is 4. The fourth-order valence-electron chi connectivity index (χ4n) is 3.39. The zero-order chi connectivity index (χ0) is 15.5. The molecule has 3 rings (SSSR count). The summed E-state index contributed by atoms with van der Waals surface area (Å²) in [5, 5.41) is 18.6. The number of β-amino-alcohol motifs (C(OH)–C–C–N with tert-alkyl or cyclic N) is 1. The van der Waals surface area contributed by atoms with Gasteiger partial charge in [-0.05, 0) is 37.7 Å². The summed E-state index contributed by atoms with van der Waals surface area (Å²) in [6, 6.07) is 0.465. The lowest BCUT2D eigenvalue weighted by Gasteiger charge is -2.35. The molecule has 1 atom stereocenters. The Labute approximate surface area is 132 Å². The van der Waals surface area contributed by atoms with Crippen LogP contribution >= 0.6 is 0 Å². The fraction of sp³-hybridized carbons (Fsp3) is 0.824. The van der Waals surface area contributed by atoms with Crippen molar-refractivity contribution < 1.29 is 15.0 Å². The van der Waals surface area contributed by atoms with E-state index in [1.54, 1.807) is 0 Å². The average Bonchev–Trinajstić information content (AvgIpc) is 3.27. The van der Waals surface area contributed by atoms with Crippen molar-refractivity contribution in [3.63, 3.8) is 0 Å². The summed E-state index contributed by atoms with van der Waals surface area (Å²) in [5.41, 5.74) is 1.29.